The zero-order chi connectivity index (χ0) is 12.8. The summed E-state index contributed by atoms with van der Waals surface area (Å²) in [7, 11) is 0. The van der Waals surface area contributed by atoms with Gasteiger partial charge in [0.2, 0.25) is 0 Å². The molecule has 0 radical (unpaired) electrons. The Bertz CT molecular complexity index is 381. The molecule has 2 nitrogen and oxygen atoms in total. The highest BCUT2D eigenvalue weighted by molar-refractivity contribution is 7.99. The average Bonchev–Trinajstić information content (AvgIpc) is 2.43. The van der Waals surface area contributed by atoms with Crippen LogP contribution in [0.3, 0.4) is 0 Å². The molecule has 0 aliphatic carbocycles. The summed E-state index contributed by atoms with van der Waals surface area (Å²) < 4.78 is 5.91. The van der Waals surface area contributed by atoms with Gasteiger partial charge in [-0.25, -0.2) is 0 Å². The largest absolute Gasteiger partial charge is 0.493 e. The van der Waals surface area contributed by atoms with Gasteiger partial charge in [-0.3, -0.25) is 0 Å². The predicted molar refractivity (Wildman–Crippen MR) is 79.7 cm³/mol. The number of benzene rings is 1. The van der Waals surface area contributed by atoms with Crippen LogP contribution in [0.25, 0.3) is 0 Å². The Labute approximate surface area is 114 Å². The minimum absolute atomic E-state index is 0.410. The standard InChI is InChI=1S/C15H23NOS/c1-3-16-14(11-18-4-2)13-9-5-7-12-8-6-10-17-15(12)13/h5,7,9,14,16H,3-4,6,8,10-11H2,1-2H3. The molecule has 1 aromatic rings. The second kappa shape index (κ2) is 7.05. The Kier molecular flexibility index (Phi) is 5.39. The van der Waals surface area contributed by atoms with E-state index in [1.165, 1.54) is 11.1 Å². The first-order valence-electron chi connectivity index (χ1n) is 6.92. The highest BCUT2D eigenvalue weighted by atomic mass is 32.2. The second-order valence-electron chi connectivity index (χ2n) is 4.56. The van der Waals surface area contributed by atoms with Crippen molar-refractivity contribution in [1.82, 2.24) is 5.32 Å². The third-order valence-electron chi connectivity index (χ3n) is 3.28. The molecule has 0 fully saturated rings. The summed E-state index contributed by atoms with van der Waals surface area (Å²) in [5, 5.41) is 3.58. The zero-order valence-corrected chi connectivity index (χ0v) is 12.2. The normalized spacial score (nSPS) is 15.9. The van der Waals surface area contributed by atoms with E-state index in [1.807, 2.05) is 11.8 Å². The van der Waals surface area contributed by atoms with Crippen molar-refractivity contribution in [2.45, 2.75) is 32.7 Å². The van der Waals surface area contributed by atoms with Crippen LogP contribution in [0.2, 0.25) is 0 Å². The molecule has 18 heavy (non-hydrogen) atoms. The molecule has 0 spiro atoms. The number of nitrogens with one attached hydrogen (secondary N) is 1. The summed E-state index contributed by atoms with van der Waals surface area (Å²) in [6.07, 6.45) is 2.30. The second-order valence-corrected chi connectivity index (χ2v) is 5.88. The minimum atomic E-state index is 0.410. The molecule has 1 heterocycles. The highest BCUT2D eigenvalue weighted by Gasteiger charge is 2.20. The van der Waals surface area contributed by atoms with Gasteiger partial charge in [-0.05, 0) is 30.7 Å². The van der Waals surface area contributed by atoms with Crippen LogP contribution in [-0.2, 0) is 6.42 Å². The number of rotatable bonds is 6. The van der Waals surface area contributed by atoms with E-state index in [1.54, 1.807) is 0 Å². The van der Waals surface area contributed by atoms with E-state index in [4.69, 9.17) is 4.74 Å². The smallest absolute Gasteiger partial charge is 0.127 e. The van der Waals surface area contributed by atoms with Crippen molar-refractivity contribution in [1.29, 1.82) is 0 Å². The fourth-order valence-corrected chi connectivity index (χ4v) is 3.20. The fraction of sp³-hybridized carbons (Fsp3) is 0.600. The van der Waals surface area contributed by atoms with E-state index < -0.39 is 0 Å². The Balaban J connectivity index is 2.22. The summed E-state index contributed by atoms with van der Waals surface area (Å²) in [5.74, 6) is 3.42. The third kappa shape index (κ3) is 3.21. The first kappa shape index (κ1) is 13.8. The van der Waals surface area contributed by atoms with Crippen molar-refractivity contribution in [2.75, 3.05) is 24.7 Å². The van der Waals surface area contributed by atoms with Crippen LogP contribution in [0.15, 0.2) is 18.2 Å². The van der Waals surface area contributed by atoms with Crippen LogP contribution < -0.4 is 10.1 Å². The lowest BCUT2D eigenvalue weighted by molar-refractivity contribution is 0.282. The van der Waals surface area contributed by atoms with Gasteiger partial charge in [0.1, 0.15) is 5.75 Å². The Morgan fingerprint density at radius 2 is 2.28 bits per heavy atom. The van der Waals surface area contributed by atoms with E-state index >= 15 is 0 Å². The monoisotopic (exact) mass is 265 g/mol. The van der Waals surface area contributed by atoms with Crippen LogP contribution >= 0.6 is 11.8 Å². The summed E-state index contributed by atoms with van der Waals surface area (Å²) in [5.41, 5.74) is 2.72. The zero-order valence-electron chi connectivity index (χ0n) is 11.4. The molecule has 1 aliphatic heterocycles. The molecule has 0 saturated carbocycles. The lowest BCUT2D eigenvalue weighted by atomic mass is 9.98. The number of thioether (sulfide) groups is 1. The van der Waals surface area contributed by atoms with Crippen LogP contribution in [-0.4, -0.2) is 24.7 Å². The van der Waals surface area contributed by atoms with Crippen LogP contribution in [0.1, 0.15) is 37.4 Å². The maximum absolute atomic E-state index is 5.91. The van der Waals surface area contributed by atoms with Gasteiger partial charge < -0.3 is 10.1 Å². The lowest BCUT2D eigenvalue weighted by Gasteiger charge is -2.25. The molecular weight excluding hydrogens is 242 g/mol. The Hall–Kier alpha value is -0.670. The lowest BCUT2D eigenvalue weighted by Crippen LogP contribution is -2.25. The molecular formula is C15H23NOS. The SMILES string of the molecule is CCNC(CSCC)c1cccc2c1OCCC2. The minimum Gasteiger partial charge on any atom is -0.493 e. The van der Waals surface area contributed by atoms with Gasteiger partial charge >= 0.3 is 0 Å². The van der Waals surface area contributed by atoms with Crippen LogP contribution in [0.4, 0.5) is 0 Å². The van der Waals surface area contributed by atoms with Crippen LogP contribution in [0, 0.1) is 0 Å². The van der Waals surface area contributed by atoms with Gasteiger partial charge in [0.25, 0.3) is 0 Å². The highest BCUT2D eigenvalue weighted by Crippen LogP contribution is 2.34. The van der Waals surface area contributed by atoms with Crippen molar-refractivity contribution in [3.8, 4) is 5.75 Å². The van der Waals surface area contributed by atoms with Gasteiger partial charge in [0.05, 0.1) is 6.61 Å². The number of aryl methyl sites for hydroxylation is 1. The van der Waals surface area contributed by atoms with Crippen molar-refractivity contribution in [3.63, 3.8) is 0 Å². The van der Waals surface area contributed by atoms with E-state index in [9.17, 15) is 0 Å². The first-order chi connectivity index (χ1) is 8.86. The van der Waals surface area contributed by atoms with Gasteiger partial charge in [0, 0.05) is 17.4 Å². The molecule has 1 unspecified atom stereocenters. The van der Waals surface area contributed by atoms with Crippen molar-refractivity contribution >= 4 is 11.8 Å². The molecule has 2 rings (SSSR count). The maximum Gasteiger partial charge on any atom is 0.127 e. The molecule has 0 aromatic heterocycles. The first-order valence-corrected chi connectivity index (χ1v) is 8.08. The molecule has 1 aromatic carbocycles. The van der Waals surface area contributed by atoms with E-state index in [-0.39, 0.29) is 0 Å². The molecule has 0 bridgehead atoms. The molecule has 3 heteroatoms. The van der Waals surface area contributed by atoms with Crippen LogP contribution in [0.5, 0.6) is 5.75 Å². The van der Waals surface area contributed by atoms with Gasteiger partial charge in [0.15, 0.2) is 0 Å². The molecule has 0 saturated heterocycles. The van der Waals surface area contributed by atoms with E-state index in [2.05, 4.69) is 37.4 Å². The molecule has 100 valence electrons. The predicted octanol–water partition coefficient (Wildman–Crippen LogP) is 3.42. The number of para-hydroxylation sites is 1. The Morgan fingerprint density at radius 3 is 3.06 bits per heavy atom. The Morgan fingerprint density at radius 1 is 1.39 bits per heavy atom. The molecule has 1 aliphatic rings. The summed E-state index contributed by atoms with van der Waals surface area (Å²) >= 11 is 1.98. The van der Waals surface area contributed by atoms with E-state index in [0.29, 0.717) is 6.04 Å². The summed E-state index contributed by atoms with van der Waals surface area (Å²) in [4.78, 5) is 0. The number of fused-ring (bicyclic) bond motifs is 1. The molecule has 0 amide bonds. The van der Waals surface area contributed by atoms with Gasteiger partial charge in [-0.1, -0.05) is 32.0 Å². The van der Waals surface area contributed by atoms with Gasteiger partial charge in [-0.15, -0.1) is 0 Å². The maximum atomic E-state index is 5.91. The average molecular weight is 265 g/mol. The van der Waals surface area contributed by atoms with Crippen molar-refractivity contribution < 1.29 is 4.74 Å². The molecule has 1 atom stereocenters. The third-order valence-corrected chi connectivity index (χ3v) is 4.26. The van der Waals surface area contributed by atoms with Gasteiger partial charge in [-0.2, -0.15) is 11.8 Å². The topological polar surface area (TPSA) is 21.3 Å². The number of hydrogen-bond acceptors (Lipinski definition) is 3. The van der Waals surface area contributed by atoms with Crippen molar-refractivity contribution in [3.05, 3.63) is 29.3 Å². The summed E-state index contributed by atoms with van der Waals surface area (Å²) in [6, 6.07) is 7.00. The summed E-state index contributed by atoms with van der Waals surface area (Å²) in [6.45, 7) is 6.24. The number of ether oxygens (including phenoxy) is 1. The van der Waals surface area contributed by atoms with E-state index in [0.717, 1.165) is 43.2 Å². The van der Waals surface area contributed by atoms with Crippen molar-refractivity contribution in [2.24, 2.45) is 0 Å². The fourth-order valence-electron chi connectivity index (χ4n) is 2.43. The number of hydrogen-bond donors (Lipinski definition) is 1. The quantitative estimate of drug-likeness (QED) is 0.851. The molecule has 1 N–H and O–H groups in total.